The molecular formula is C16H19Cl2N3O2. The predicted octanol–water partition coefficient (Wildman–Crippen LogP) is 2.12. The standard InChI is InChI=1S/C16H19Cl2N3O2/c1-19-4-6-20(7-5-19)16(23)11-8-15(22)21(10-11)14-9-12(17)2-3-13(14)18/h2-3,9,11H,4-8,10H2,1H3. The molecule has 0 aliphatic carbocycles. The monoisotopic (exact) mass is 355 g/mol. The van der Waals surface area contributed by atoms with E-state index in [-0.39, 0.29) is 24.2 Å². The molecule has 1 unspecified atom stereocenters. The quantitative estimate of drug-likeness (QED) is 0.816. The molecule has 2 saturated heterocycles. The van der Waals surface area contributed by atoms with E-state index in [4.69, 9.17) is 23.2 Å². The van der Waals surface area contributed by atoms with Gasteiger partial charge >= 0.3 is 0 Å². The Hall–Kier alpha value is -1.30. The van der Waals surface area contributed by atoms with Crippen LogP contribution in [0.1, 0.15) is 6.42 Å². The van der Waals surface area contributed by atoms with E-state index >= 15 is 0 Å². The zero-order chi connectivity index (χ0) is 16.6. The molecule has 2 amide bonds. The van der Waals surface area contributed by atoms with E-state index in [9.17, 15) is 9.59 Å². The van der Waals surface area contributed by atoms with E-state index in [1.807, 2.05) is 11.9 Å². The molecule has 23 heavy (non-hydrogen) atoms. The fourth-order valence-electron chi connectivity index (χ4n) is 3.08. The van der Waals surface area contributed by atoms with Crippen LogP contribution < -0.4 is 4.90 Å². The highest BCUT2D eigenvalue weighted by Gasteiger charge is 2.38. The van der Waals surface area contributed by atoms with Gasteiger partial charge < -0.3 is 14.7 Å². The van der Waals surface area contributed by atoms with Gasteiger partial charge in [-0.15, -0.1) is 0 Å². The van der Waals surface area contributed by atoms with Crippen molar-refractivity contribution in [2.75, 3.05) is 44.7 Å². The molecule has 7 heteroatoms. The second-order valence-electron chi connectivity index (χ2n) is 6.13. The Morgan fingerprint density at radius 1 is 1.17 bits per heavy atom. The second-order valence-corrected chi connectivity index (χ2v) is 6.97. The van der Waals surface area contributed by atoms with Crippen molar-refractivity contribution in [2.24, 2.45) is 5.92 Å². The predicted molar refractivity (Wildman–Crippen MR) is 91.0 cm³/mol. The second kappa shape index (κ2) is 6.67. The fraction of sp³-hybridized carbons (Fsp3) is 0.500. The first-order valence-electron chi connectivity index (χ1n) is 7.68. The summed E-state index contributed by atoms with van der Waals surface area (Å²) in [6.45, 7) is 3.55. The molecule has 0 bridgehead atoms. The van der Waals surface area contributed by atoms with Gasteiger partial charge in [0.2, 0.25) is 11.8 Å². The largest absolute Gasteiger partial charge is 0.340 e. The summed E-state index contributed by atoms with van der Waals surface area (Å²) in [5.41, 5.74) is 0.581. The minimum Gasteiger partial charge on any atom is -0.340 e. The van der Waals surface area contributed by atoms with E-state index < -0.39 is 0 Å². The number of hydrogen-bond acceptors (Lipinski definition) is 3. The summed E-state index contributed by atoms with van der Waals surface area (Å²) in [5, 5.41) is 0.987. The molecule has 0 radical (unpaired) electrons. The molecule has 0 saturated carbocycles. The van der Waals surface area contributed by atoms with Gasteiger partial charge in [-0.05, 0) is 25.2 Å². The van der Waals surface area contributed by atoms with E-state index in [1.165, 1.54) is 0 Å². The number of anilines is 1. The van der Waals surface area contributed by atoms with Gasteiger partial charge in [0.1, 0.15) is 0 Å². The lowest BCUT2D eigenvalue weighted by Crippen LogP contribution is -2.49. The van der Waals surface area contributed by atoms with Gasteiger partial charge in [0, 0.05) is 44.2 Å². The molecule has 1 aromatic carbocycles. The van der Waals surface area contributed by atoms with E-state index in [2.05, 4.69) is 4.90 Å². The third-order valence-corrected chi connectivity index (χ3v) is 5.04. The van der Waals surface area contributed by atoms with Crippen LogP contribution in [0, 0.1) is 5.92 Å². The summed E-state index contributed by atoms with van der Waals surface area (Å²) in [4.78, 5) is 30.6. The summed E-state index contributed by atoms with van der Waals surface area (Å²) in [7, 11) is 2.05. The van der Waals surface area contributed by atoms with Crippen LogP contribution in [0.5, 0.6) is 0 Å². The van der Waals surface area contributed by atoms with Crippen molar-refractivity contribution in [3.63, 3.8) is 0 Å². The van der Waals surface area contributed by atoms with Gasteiger partial charge in [-0.25, -0.2) is 0 Å². The van der Waals surface area contributed by atoms with Crippen molar-refractivity contribution in [2.45, 2.75) is 6.42 Å². The zero-order valence-electron chi connectivity index (χ0n) is 13.0. The maximum absolute atomic E-state index is 12.7. The van der Waals surface area contributed by atoms with Crippen molar-refractivity contribution in [3.05, 3.63) is 28.2 Å². The third-order valence-electron chi connectivity index (χ3n) is 4.49. The van der Waals surface area contributed by atoms with E-state index in [1.54, 1.807) is 23.1 Å². The van der Waals surface area contributed by atoms with Crippen LogP contribution in [-0.4, -0.2) is 61.4 Å². The molecule has 5 nitrogen and oxygen atoms in total. The number of carbonyl (C=O) groups excluding carboxylic acids is 2. The number of carbonyl (C=O) groups is 2. The average Bonchev–Trinajstić information content (AvgIpc) is 2.91. The lowest BCUT2D eigenvalue weighted by Gasteiger charge is -2.33. The van der Waals surface area contributed by atoms with Gasteiger partial charge in [-0.1, -0.05) is 23.2 Å². The summed E-state index contributed by atoms with van der Waals surface area (Å²) in [6.07, 6.45) is 0.230. The molecule has 0 spiro atoms. The Morgan fingerprint density at radius 2 is 1.87 bits per heavy atom. The van der Waals surface area contributed by atoms with Crippen LogP contribution in [-0.2, 0) is 9.59 Å². The molecule has 2 aliphatic rings. The van der Waals surface area contributed by atoms with Gasteiger partial charge in [-0.2, -0.15) is 0 Å². The number of nitrogens with zero attached hydrogens (tertiary/aromatic N) is 3. The van der Waals surface area contributed by atoms with E-state index in [0.717, 1.165) is 26.2 Å². The van der Waals surface area contributed by atoms with Gasteiger partial charge in [0.25, 0.3) is 0 Å². The highest BCUT2D eigenvalue weighted by molar-refractivity contribution is 6.35. The molecule has 0 N–H and O–H groups in total. The maximum Gasteiger partial charge on any atom is 0.228 e. The van der Waals surface area contributed by atoms with Crippen molar-refractivity contribution in [3.8, 4) is 0 Å². The number of benzene rings is 1. The molecule has 2 heterocycles. The molecule has 124 valence electrons. The van der Waals surface area contributed by atoms with Gasteiger partial charge in [0.05, 0.1) is 16.6 Å². The van der Waals surface area contributed by atoms with Gasteiger partial charge in [-0.3, -0.25) is 9.59 Å². The first kappa shape index (κ1) is 16.6. The minimum absolute atomic E-state index is 0.0621. The van der Waals surface area contributed by atoms with Crippen molar-refractivity contribution in [1.29, 1.82) is 0 Å². The zero-order valence-corrected chi connectivity index (χ0v) is 14.5. The molecule has 3 rings (SSSR count). The highest BCUT2D eigenvalue weighted by Crippen LogP contribution is 2.34. The number of halogens is 2. The molecule has 1 atom stereocenters. The van der Waals surface area contributed by atoms with Crippen molar-refractivity contribution < 1.29 is 9.59 Å². The summed E-state index contributed by atoms with van der Waals surface area (Å²) in [5.74, 6) is -0.324. The number of amides is 2. The van der Waals surface area contributed by atoms with Crippen molar-refractivity contribution in [1.82, 2.24) is 9.80 Å². The Morgan fingerprint density at radius 3 is 2.57 bits per heavy atom. The Labute approximate surface area is 145 Å². The van der Waals surface area contributed by atoms with Gasteiger partial charge in [0.15, 0.2) is 0 Å². The molecule has 2 aliphatic heterocycles. The van der Waals surface area contributed by atoms with Crippen LogP contribution in [0.3, 0.4) is 0 Å². The molecule has 2 fully saturated rings. The SMILES string of the molecule is CN1CCN(C(=O)C2CC(=O)N(c3cc(Cl)ccc3Cl)C2)CC1. The number of hydrogen-bond donors (Lipinski definition) is 0. The van der Waals surface area contributed by atoms with Crippen molar-refractivity contribution >= 4 is 40.7 Å². The minimum atomic E-state index is -0.305. The smallest absolute Gasteiger partial charge is 0.228 e. The topological polar surface area (TPSA) is 43.9 Å². The first-order chi connectivity index (χ1) is 11.0. The van der Waals surface area contributed by atoms with Crippen LogP contribution >= 0.6 is 23.2 Å². The molecule has 0 aromatic heterocycles. The van der Waals surface area contributed by atoms with Crippen LogP contribution in [0.25, 0.3) is 0 Å². The van der Waals surface area contributed by atoms with Crippen LogP contribution in [0.15, 0.2) is 18.2 Å². The summed E-state index contributed by atoms with van der Waals surface area (Å²) < 4.78 is 0. The van der Waals surface area contributed by atoms with E-state index in [0.29, 0.717) is 22.3 Å². The average molecular weight is 356 g/mol. The fourth-order valence-corrected chi connectivity index (χ4v) is 3.47. The Balaban J connectivity index is 1.72. The Kier molecular flexibility index (Phi) is 4.80. The number of likely N-dealkylation sites (N-methyl/N-ethyl adjacent to an activating group) is 1. The lowest BCUT2D eigenvalue weighted by molar-refractivity contribution is -0.137. The summed E-state index contributed by atoms with van der Waals surface area (Å²) in [6, 6.07) is 5.02. The Bertz CT molecular complexity index is 630. The maximum atomic E-state index is 12.7. The lowest BCUT2D eigenvalue weighted by atomic mass is 10.1. The third kappa shape index (κ3) is 3.47. The van der Waals surface area contributed by atoms with Crippen LogP contribution in [0.2, 0.25) is 10.0 Å². The summed E-state index contributed by atoms with van der Waals surface area (Å²) >= 11 is 12.2. The number of piperazine rings is 1. The highest BCUT2D eigenvalue weighted by atomic mass is 35.5. The molecular weight excluding hydrogens is 337 g/mol. The van der Waals surface area contributed by atoms with Crippen LogP contribution in [0.4, 0.5) is 5.69 Å². The number of rotatable bonds is 2. The first-order valence-corrected chi connectivity index (χ1v) is 8.44. The molecule has 1 aromatic rings. The normalized spacial score (nSPS) is 22.7.